The minimum atomic E-state index is -1.93. The Morgan fingerprint density at radius 3 is 1.83 bits per heavy atom. The second-order valence-corrected chi connectivity index (χ2v) is 30.5. The first-order chi connectivity index (χ1) is 49.5. The second kappa shape index (κ2) is 39.0. The number of rotatable bonds is 16. The van der Waals surface area contributed by atoms with E-state index in [4.69, 9.17) is 11.5 Å². The van der Waals surface area contributed by atoms with Gasteiger partial charge in [0, 0.05) is 86.3 Å². The zero-order valence-electron chi connectivity index (χ0n) is 58.3. The van der Waals surface area contributed by atoms with Gasteiger partial charge in [-0.05, 0) is 162 Å². The van der Waals surface area contributed by atoms with Crippen LogP contribution in [-0.4, -0.2) is 217 Å². The molecule has 566 valence electrons. The third-order valence-corrected chi connectivity index (χ3v) is 22.9. The van der Waals surface area contributed by atoms with Crippen LogP contribution in [0.1, 0.15) is 126 Å². The average molecular weight is 1480 g/mol. The van der Waals surface area contributed by atoms with Crippen molar-refractivity contribution in [1.82, 2.24) is 68.7 Å². The van der Waals surface area contributed by atoms with E-state index in [-0.39, 0.29) is 106 Å². The van der Waals surface area contributed by atoms with E-state index in [1.807, 2.05) is 24.3 Å². The third kappa shape index (κ3) is 23.7. The Balaban J connectivity index is 1.03. The summed E-state index contributed by atoms with van der Waals surface area (Å²) in [6.45, 7) is 2.35. The lowest BCUT2D eigenvalue weighted by molar-refractivity contribution is -0.143. The first-order valence-corrected chi connectivity index (χ1v) is 38.5. The van der Waals surface area contributed by atoms with Crippen molar-refractivity contribution in [1.29, 1.82) is 0 Å². The maximum absolute atomic E-state index is 15.3. The number of hydrogen-bond acceptors (Lipinski definition) is 19. The van der Waals surface area contributed by atoms with Gasteiger partial charge in [-0.15, -0.1) is 0 Å². The topological polar surface area (TPSA) is 437 Å². The Labute approximate surface area is 607 Å². The van der Waals surface area contributed by atoms with E-state index in [1.54, 1.807) is 24.3 Å². The van der Waals surface area contributed by atoms with E-state index in [0.717, 1.165) is 11.1 Å². The molecule has 4 saturated heterocycles. The van der Waals surface area contributed by atoms with Crippen LogP contribution in [0.3, 0.4) is 0 Å². The number of carbonyl (C=O) groups excluding carboxylic acids is 11. The van der Waals surface area contributed by atoms with Crippen molar-refractivity contribution in [3.05, 3.63) is 65.2 Å². The summed E-state index contributed by atoms with van der Waals surface area (Å²) in [6, 6.07) is 2.22. The molecule has 2 saturated carbocycles. The van der Waals surface area contributed by atoms with Gasteiger partial charge in [-0.1, -0.05) is 36.4 Å². The van der Waals surface area contributed by atoms with Gasteiger partial charge < -0.3 is 90.6 Å². The molecule has 0 spiro atoms. The van der Waals surface area contributed by atoms with Crippen molar-refractivity contribution in [2.45, 2.75) is 206 Å². The Hall–Kier alpha value is -7.56. The highest BCUT2D eigenvalue weighted by atomic mass is 32.2. The number of nitrogens with zero attached hydrogens (tertiary/aromatic N) is 1. The molecule has 0 aromatic heterocycles. The Morgan fingerprint density at radius 1 is 0.641 bits per heavy atom. The first kappa shape index (κ1) is 79.6. The molecule has 18 N–H and O–H groups in total. The van der Waals surface area contributed by atoms with Gasteiger partial charge in [0.25, 0.3) is 0 Å². The van der Waals surface area contributed by atoms with Gasteiger partial charge in [-0.25, -0.2) is 8.78 Å². The van der Waals surface area contributed by atoms with Crippen LogP contribution in [0.4, 0.5) is 14.5 Å². The number of thioether (sulfide) groups is 2. The molecule has 9 unspecified atom stereocenters. The lowest BCUT2D eigenvalue weighted by atomic mass is 9.76. The van der Waals surface area contributed by atoms with Gasteiger partial charge in [0.05, 0.1) is 13.0 Å². The molecule has 2 aromatic carbocycles. The van der Waals surface area contributed by atoms with Crippen molar-refractivity contribution in [2.75, 3.05) is 62.8 Å². The highest BCUT2D eigenvalue weighted by molar-refractivity contribution is 7.98. The van der Waals surface area contributed by atoms with E-state index >= 15 is 28.0 Å². The fourth-order valence-electron chi connectivity index (χ4n) is 15.4. The van der Waals surface area contributed by atoms with Crippen LogP contribution in [-0.2, 0) is 75.5 Å². The number of fused-ring (bicyclic) bond motifs is 5. The molecule has 5 aliphatic heterocycles. The predicted octanol–water partition coefficient (Wildman–Crippen LogP) is -0.511. The molecule has 2 aromatic rings. The number of halogens is 2. The number of alkyl halides is 2. The standard InChI is InChI=1S/C70H102F2N16O13S2/c1-38(89)80-46-14-10-39(11-15-46)23-57-70(101)88-20-5-9-59(88)69(100)87-58(63(74)94)36-103-35-41-7-4-6-40(22-41)34-102-21-18-60(90)81-52(8-2-3-19-73)64(95)78-33-61(91)82-53(24-42-30-76-50-16-12-44(71)26-48(42)50)65(96)83-54(25-43-31-77-51-17-13-45(72)27-49(43)51)66(97)85-56(29-62(92)93)68(99)84-55(67(98)86-57)28-47-32-75-37-79-47/h4,6-7,10-11,14-15,22,42-45,47-59,75-77,79H,2-3,5,8-9,12-13,16-21,23-37,73H2,1H3,(H2,74,94)(H,78,95)(H,80,89)(H,81,90)(H,82,91)(H,83,96)(H,84,99)(H,85,97)(H,86,98)(H,87,100)(H,92,93)/t42?,43?,44?,45?,47?,48?,49?,50?,51?,52-,53-,54-,55-,56-,57-,58-,59-/m0/s1. The molecule has 2 aliphatic carbocycles. The van der Waals surface area contributed by atoms with Gasteiger partial charge in [0.2, 0.25) is 65.0 Å². The fourth-order valence-corrected chi connectivity index (χ4v) is 17.3. The van der Waals surface area contributed by atoms with Crippen molar-refractivity contribution < 1.29 is 71.4 Å². The largest absolute Gasteiger partial charge is 0.481 e. The second-order valence-electron chi connectivity index (χ2n) is 28.4. The molecular formula is C70H102F2N16O13S2. The highest BCUT2D eigenvalue weighted by Gasteiger charge is 2.46. The van der Waals surface area contributed by atoms with Crippen molar-refractivity contribution in [3.63, 3.8) is 0 Å². The first-order valence-electron chi connectivity index (χ1n) is 36.2. The number of amides is 11. The number of nitrogens with one attached hydrogen (secondary N) is 13. The molecule has 33 heteroatoms. The summed E-state index contributed by atoms with van der Waals surface area (Å²) in [5.41, 5.74) is 14.5. The van der Waals surface area contributed by atoms with Gasteiger partial charge in [0.1, 0.15) is 60.7 Å². The molecular weight excluding hydrogens is 1370 g/mol. The number of anilines is 1. The number of aliphatic carboxylic acids is 1. The SMILES string of the molecule is CC(=O)Nc1ccc(C[C@@H]2NC(=O)[C@H](CC3CNCN3)NC(=O)[C@H](CC(=O)O)NC(=O)[C@H](CC3CNC4CCC(F)CC34)NC(=O)[C@H](CC3CNC4CCC(F)CC34)NC(=O)CNC(=O)[C@H](CCCCN)NC(=O)CCSCc3cccc(c3)CSC[C@@H](C(N)=O)NC(=O)[C@@H]3CCCN3C2=O)cc1. The van der Waals surface area contributed by atoms with Crippen molar-refractivity contribution in [3.8, 4) is 0 Å². The van der Waals surface area contributed by atoms with Gasteiger partial charge in [-0.3, -0.25) is 57.5 Å². The number of carbonyl (C=O) groups is 12. The zero-order chi connectivity index (χ0) is 73.7. The number of primary amides is 1. The number of carboxylic acids is 1. The lowest BCUT2D eigenvalue weighted by Gasteiger charge is -2.34. The summed E-state index contributed by atoms with van der Waals surface area (Å²) in [5, 5.41) is 48.1. The number of nitrogens with two attached hydrogens (primary N) is 2. The maximum Gasteiger partial charge on any atom is 0.305 e. The van der Waals surface area contributed by atoms with E-state index < -0.39 is 151 Å². The van der Waals surface area contributed by atoms with Gasteiger partial charge >= 0.3 is 5.97 Å². The molecule has 2 bridgehead atoms. The van der Waals surface area contributed by atoms with Crippen LogP contribution in [0.25, 0.3) is 0 Å². The Morgan fingerprint density at radius 2 is 1.23 bits per heavy atom. The van der Waals surface area contributed by atoms with E-state index in [0.29, 0.717) is 106 Å². The van der Waals surface area contributed by atoms with E-state index in [2.05, 4.69) is 69.1 Å². The molecule has 11 amide bonds. The fraction of sp³-hybridized carbons (Fsp3) is 0.657. The number of carboxylic acid groups (broad SMARTS) is 1. The zero-order valence-corrected chi connectivity index (χ0v) is 59.9. The summed E-state index contributed by atoms with van der Waals surface area (Å²) >= 11 is 2.83. The summed E-state index contributed by atoms with van der Waals surface area (Å²) in [7, 11) is 0. The molecule has 6 fully saturated rings. The van der Waals surface area contributed by atoms with E-state index in [1.165, 1.54) is 35.3 Å². The Bertz CT molecular complexity index is 3330. The smallest absolute Gasteiger partial charge is 0.305 e. The average Bonchev–Trinajstić information content (AvgIpc) is 1.70. The van der Waals surface area contributed by atoms with Crippen LogP contribution >= 0.6 is 23.5 Å². The molecule has 29 nitrogen and oxygen atoms in total. The van der Waals surface area contributed by atoms with Crippen molar-refractivity contribution in [2.24, 2.45) is 35.1 Å². The maximum atomic E-state index is 15.3. The van der Waals surface area contributed by atoms with Crippen LogP contribution in [0.5, 0.6) is 0 Å². The summed E-state index contributed by atoms with van der Waals surface area (Å²) < 4.78 is 30.5. The minimum absolute atomic E-state index is 0.0397. The molecule has 7 aliphatic rings. The molecule has 5 heterocycles. The predicted molar refractivity (Wildman–Crippen MR) is 382 cm³/mol. The van der Waals surface area contributed by atoms with Crippen LogP contribution in [0.2, 0.25) is 0 Å². The molecule has 9 rings (SSSR count). The highest BCUT2D eigenvalue weighted by Crippen LogP contribution is 2.40. The monoisotopic (exact) mass is 1480 g/mol. The number of benzene rings is 2. The van der Waals surface area contributed by atoms with Gasteiger partial charge in [-0.2, -0.15) is 23.5 Å². The number of unbranched alkanes of at least 4 members (excludes halogenated alkanes) is 1. The number of hydrogen-bond donors (Lipinski definition) is 16. The molecule has 17 atom stereocenters. The Kier molecular flexibility index (Phi) is 30.1. The van der Waals surface area contributed by atoms with E-state index in [9.17, 15) is 43.5 Å². The minimum Gasteiger partial charge on any atom is -0.481 e. The molecule has 0 radical (unpaired) electrons. The van der Waals surface area contributed by atoms with Gasteiger partial charge in [0.15, 0.2) is 0 Å². The lowest BCUT2D eigenvalue weighted by Crippen LogP contribution is -2.61. The molecule has 103 heavy (non-hydrogen) atoms. The van der Waals surface area contributed by atoms with Crippen LogP contribution in [0.15, 0.2) is 48.5 Å². The third-order valence-electron chi connectivity index (χ3n) is 20.7. The summed E-state index contributed by atoms with van der Waals surface area (Å²) in [4.78, 5) is 171. The van der Waals surface area contributed by atoms with Crippen molar-refractivity contribution >= 4 is 100 Å². The normalized spacial score (nSPS) is 31.7. The van der Waals surface area contributed by atoms with Crippen LogP contribution in [0, 0.1) is 23.7 Å². The summed E-state index contributed by atoms with van der Waals surface area (Å²) in [5.74, 6) is -9.89. The van der Waals surface area contributed by atoms with Crippen LogP contribution < -0.4 is 80.6 Å². The summed E-state index contributed by atoms with van der Waals surface area (Å²) in [6.07, 6.45) is -0.0289. The quantitative estimate of drug-likeness (QED) is 0.0941.